The molecule has 0 bridgehead atoms. The maximum absolute atomic E-state index is 8.39. The number of nitrogens with zero attached hydrogens (tertiary/aromatic N) is 2. The summed E-state index contributed by atoms with van der Waals surface area (Å²) in [5.41, 5.74) is 7.91. The quantitative estimate of drug-likeness (QED) is 0.645. The molecular formula is C8H9N3. The second-order valence-electron chi connectivity index (χ2n) is 2.37. The van der Waals surface area contributed by atoms with Gasteiger partial charge in [0.1, 0.15) is 0 Å². The summed E-state index contributed by atoms with van der Waals surface area (Å²) in [5.74, 6) is 0. The molecule has 0 spiro atoms. The average Bonchev–Trinajstić information content (AvgIpc) is 1.95. The smallest absolute Gasteiger partial charge is 0.0777 e. The first-order valence-electron chi connectivity index (χ1n) is 3.32. The summed E-state index contributed by atoms with van der Waals surface area (Å²) in [6.07, 6.45) is 1.92. The van der Waals surface area contributed by atoms with Gasteiger partial charge >= 0.3 is 0 Å². The Bertz CT molecular complexity index is 299. The van der Waals surface area contributed by atoms with Crippen LogP contribution in [0, 0.1) is 18.3 Å². The highest BCUT2D eigenvalue weighted by Crippen LogP contribution is 2.08. The topological polar surface area (TPSA) is 62.7 Å². The number of anilines is 1. The van der Waals surface area contributed by atoms with Crippen molar-refractivity contribution < 1.29 is 0 Å². The molecule has 56 valence electrons. The Hall–Kier alpha value is -1.56. The van der Waals surface area contributed by atoms with Crippen LogP contribution in [-0.2, 0) is 6.42 Å². The number of pyridine rings is 1. The Morgan fingerprint density at radius 2 is 2.45 bits per heavy atom. The molecule has 0 unspecified atom stereocenters. The number of aryl methyl sites for hydroxylation is 1. The van der Waals surface area contributed by atoms with Crippen LogP contribution in [0.4, 0.5) is 5.69 Å². The molecule has 3 nitrogen and oxygen atoms in total. The van der Waals surface area contributed by atoms with Gasteiger partial charge in [0.05, 0.1) is 30.1 Å². The van der Waals surface area contributed by atoms with Crippen molar-refractivity contribution in [2.24, 2.45) is 0 Å². The standard InChI is InChI=1S/C8H9N3/c1-6-4-7(10)5-11-8(6)2-3-9/h4-5H,2,10H2,1H3. The first-order valence-corrected chi connectivity index (χ1v) is 3.32. The van der Waals surface area contributed by atoms with E-state index in [1.807, 2.05) is 19.1 Å². The van der Waals surface area contributed by atoms with Gasteiger partial charge in [-0.25, -0.2) is 0 Å². The summed E-state index contributed by atoms with van der Waals surface area (Å²) in [7, 11) is 0. The van der Waals surface area contributed by atoms with Gasteiger partial charge in [-0.1, -0.05) is 0 Å². The summed E-state index contributed by atoms with van der Waals surface area (Å²) in [5, 5.41) is 8.39. The normalized spacial score (nSPS) is 9.09. The Morgan fingerprint density at radius 3 is 3.00 bits per heavy atom. The number of rotatable bonds is 1. The second kappa shape index (κ2) is 3.02. The monoisotopic (exact) mass is 147 g/mol. The molecule has 0 aliphatic heterocycles. The Labute approximate surface area is 65.5 Å². The van der Waals surface area contributed by atoms with Crippen LogP contribution in [0.5, 0.6) is 0 Å². The van der Waals surface area contributed by atoms with Crippen molar-refractivity contribution in [3.8, 4) is 6.07 Å². The van der Waals surface area contributed by atoms with Crippen molar-refractivity contribution in [2.45, 2.75) is 13.3 Å². The molecule has 0 saturated carbocycles. The highest BCUT2D eigenvalue weighted by Gasteiger charge is 1.97. The van der Waals surface area contributed by atoms with E-state index in [-0.39, 0.29) is 0 Å². The minimum atomic E-state index is 0.353. The van der Waals surface area contributed by atoms with E-state index in [1.165, 1.54) is 0 Å². The van der Waals surface area contributed by atoms with Crippen LogP contribution >= 0.6 is 0 Å². The maximum Gasteiger partial charge on any atom is 0.0777 e. The molecule has 0 radical (unpaired) electrons. The van der Waals surface area contributed by atoms with E-state index in [2.05, 4.69) is 4.98 Å². The van der Waals surface area contributed by atoms with Crippen LogP contribution in [0.2, 0.25) is 0 Å². The lowest BCUT2D eigenvalue weighted by Crippen LogP contribution is -1.95. The molecule has 0 amide bonds. The fourth-order valence-corrected chi connectivity index (χ4v) is 0.885. The lowest BCUT2D eigenvalue weighted by molar-refractivity contribution is 1.08. The van der Waals surface area contributed by atoms with E-state index in [4.69, 9.17) is 11.0 Å². The fourth-order valence-electron chi connectivity index (χ4n) is 0.885. The Balaban J connectivity index is 3.01. The van der Waals surface area contributed by atoms with Crippen LogP contribution in [0.1, 0.15) is 11.3 Å². The van der Waals surface area contributed by atoms with Gasteiger partial charge < -0.3 is 5.73 Å². The number of hydrogen-bond donors (Lipinski definition) is 1. The first-order chi connectivity index (χ1) is 5.24. The molecule has 2 N–H and O–H groups in total. The van der Waals surface area contributed by atoms with E-state index in [0.717, 1.165) is 11.3 Å². The number of nitrogens with two attached hydrogens (primary N) is 1. The van der Waals surface area contributed by atoms with Crippen LogP contribution in [0.15, 0.2) is 12.3 Å². The van der Waals surface area contributed by atoms with Crippen LogP contribution in [0.3, 0.4) is 0 Å². The van der Waals surface area contributed by atoms with Gasteiger partial charge in [0.2, 0.25) is 0 Å². The molecule has 1 aromatic rings. The SMILES string of the molecule is Cc1cc(N)cnc1CC#N. The number of nitrogen functional groups attached to an aromatic ring is 1. The minimum Gasteiger partial charge on any atom is -0.397 e. The third-order valence-electron chi connectivity index (χ3n) is 1.45. The molecule has 0 aliphatic rings. The van der Waals surface area contributed by atoms with E-state index in [1.54, 1.807) is 6.20 Å². The summed E-state index contributed by atoms with van der Waals surface area (Å²) in [4.78, 5) is 4.02. The molecule has 0 fully saturated rings. The molecule has 0 aliphatic carbocycles. The summed E-state index contributed by atoms with van der Waals surface area (Å²) >= 11 is 0. The minimum absolute atomic E-state index is 0.353. The zero-order chi connectivity index (χ0) is 8.27. The molecule has 1 aromatic heterocycles. The molecule has 0 saturated heterocycles. The van der Waals surface area contributed by atoms with E-state index in [0.29, 0.717) is 12.1 Å². The molecule has 3 heteroatoms. The molecular weight excluding hydrogens is 138 g/mol. The molecule has 1 heterocycles. The van der Waals surface area contributed by atoms with Gasteiger partial charge in [-0.05, 0) is 18.6 Å². The van der Waals surface area contributed by atoms with E-state index >= 15 is 0 Å². The van der Waals surface area contributed by atoms with Crippen molar-refractivity contribution in [2.75, 3.05) is 5.73 Å². The van der Waals surface area contributed by atoms with Gasteiger partial charge in [-0.2, -0.15) is 5.26 Å². The van der Waals surface area contributed by atoms with Crippen LogP contribution < -0.4 is 5.73 Å². The second-order valence-corrected chi connectivity index (χ2v) is 2.37. The number of nitriles is 1. The largest absolute Gasteiger partial charge is 0.397 e. The zero-order valence-corrected chi connectivity index (χ0v) is 6.33. The lowest BCUT2D eigenvalue weighted by Gasteiger charge is -1.99. The van der Waals surface area contributed by atoms with Gasteiger partial charge in [-0.3, -0.25) is 4.98 Å². The summed E-state index contributed by atoms with van der Waals surface area (Å²) in [6.45, 7) is 1.90. The molecule has 0 atom stereocenters. The Kier molecular flexibility index (Phi) is 2.07. The van der Waals surface area contributed by atoms with Crippen molar-refractivity contribution >= 4 is 5.69 Å². The summed E-state index contributed by atoms with van der Waals surface area (Å²) < 4.78 is 0. The predicted molar refractivity (Wildman–Crippen MR) is 42.7 cm³/mol. The molecule has 0 aromatic carbocycles. The molecule has 11 heavy (non-hydrogen) atoms. The fraction of sp³-hybridized carbons (Fsp3) is 0.250. The Morgan fingerprint density at radius 1 is 1.73 bits per heavy atom. The van der Waals surface area contributed by atoms with E-state index in [9.17, 15) is 0 Å². The maximum atomic E-state index is 8.39. The average molecular weight is 147 g/mol. The predicted octanol–water partition coefficient (Wildman–Crippen LogP) is 1.04. The third-order valence-corrected chi connectivity index (χ3v) is 1.45. The van der Waals surface area contributed by atoms with Gasteiger partial charge in [-0.15, -0.1) is 0 Å². The van der Waals surface area contributed by atoms with Gasteiger partial charge in [0.25, 0.3) is 0 Å². The van der Waals surface area contributed by atoms with Crippen molar-refractivity contribution in [1.82, 2.24) is 4.98 Å². The number of hydrogen-bond acceptors (Lipinski definition) is 3. The van der Waals surface area contributed by atoms with Gasteiger partial charge in [0.15, 0.2) is 0 Å². The highest BCUT2D eigenvalue weighted by molar-refractivity contribution is 5.39. The van der Waals surface area contributed by atoms with Crippen molar-refractivity contribution in [3.63, 3.8) is 0 Å². The zero-order valence-electron chi connectivity index (χ0n) is 6.33. The number of aromatic nitrogens is 1. The highest BCUT2D eigenvalue weighted by atomic mass is 14.7. The lowest BCUT2D eigenvalue weighted by atomic mass is 10.2. The van der Waals surface area contributed by atoms with Crippen LogP contribution in [-0.4, -0.2) is 4.98 Å². The van der Waals surface area contributed by atoms with Crippen LogP contribution in [0.25, 0.3) is 0 Å². The summed E-state index contributed by atoms with van der Waals surface area (Å²) in [6, 6.07) is 3.86. The third kappa shape index (κ3) is 1.68. The van der Waals surface area contributed by atoms with Crippen molar-refractivity contribution in [1.29, 1.82) is 5.26 Å². The van der Waals surface area contributed by atoms with E-state index < -0.39 is 0 Å². The first kappa shape index (κ1) is 7.55. The van der Waals surface area contributed by atoms with Crippen molar-refractivity contribution in [3.05, 3.63) is 23.5 Å². The van der Waals surface area contributed by atoms with Gasteiger partial charge in [0, 0.05) is 0 Å². The molecule has 1 rings (SSSR count).